The Hall–Kier alpha value is -3.17. The maximum atomic E-state index is 13.5. The van der Waals surface area contributed by atoms with Crippen LogP contribution >= 0.6 is 11.8 Å². The Bertz CT molecular complexity index is 1220. The summed E-state index contributed by atoms with van der Waals surface area (Å²) in [5.74, 6) is 2.45. The predicted molar refractivity (Wildman–Crippen MR) is 139 cm³/mol. The maximum Gasteiger partial charge on any atom is 0.264 e. The van der Waals surface area contributed by atoms with Crippen LogP contribution in [-0.2, 0) is 20.6 Å². The topological polar surface area (TPSA) is 84.9 Å². The van der Waals surface area contributed by atoms with Gasteiger partial charge in [-0.1, -0.05) is 48.5 Å². The molecule has 0 fully saturated rings. The van der Waals surface area contributed by atoms with Crippen molar-refractivity contribution in [3.8, 4) is 11.5 Å². The molecule has 0 aliphatic carbocycles. The first-order chi connectivity index (χ1) is 17.0. The number of sulfonamides is 1. The molecule has 35 heavy (non-hydrogen) atoms. The summed E-state index contributed by atoms with van der Waals surface area (Å²) in [5.41, 5.74) is 1.61. The maximum absolute atomic E-state index is 13.5. The quantitative estimate of drug-likeness (QED) is 0.390. The number of anilines is 1. The van der Waals surface area contributed by atoms with Gasteiger partial charge in [-0.25, -0.2) is 8.42 Å². The SMILES string of the molecule is O=C(CN(c1ccc2c(c1)OCCO2)S(=O)(=O)c1ccccc1)NCCCSCc1ccccc1. The lowest BCUT2D eigenvalue weighted by Gasteiger charge is -2.26. The van der Waals surface area contributed by atoms with Gasteiger partial charge in [0.1, 0.15) is 19.8 Å². The zero-order valence-corrected chi connectivity index (χ0v) is 20.9. The van der Waals surface area contributed by atoms with E-state index in [4.69, 9.17) is 9.47 Å². The molecule has 1 aliphatic rings. The van der Waals surface area contributed by atoms with Crippen LogP contribution in [-0.4, -0.2) is 46.4 Å². The lowest BCUT2D eigenvalue weighted by Crippen LogP contribution is -2.41. The molecule has 9 heteroatoms. The van der Waals surface area contributed by atoms with Crippen LogP contribution < -0.4 is 19.1 Å². The molecule has 0 aromatic heterocycles. The number of ether oxygens (including phenoxy) is 2. The van der Waals surface area contributed by atoms with E-state index in [1.54, 1.807) is 48.2 Å². The summed E-state index contributed by atoms with van der Waals surface area (Å²) in [6.45, 7) is 0.949. The highest BCUT2D eigenvalue weighted by Crippen LogP contribution is 2.35. The van der Waals surface area contributed by atoms with Crippen molar-refractivity contribution in [2.24, 2.45) is 0 Å². The fourth-order valence-electron chi connectivity index (χ4n) is 3.57. The van der Waals surface area contributed by atoms with Crippen LogP contribution in [0.5, 0.6) is 11.5 Å². The number of carbonyl (C=O) groups excluding carboxylic acids is 1. The molecule has 0 bridgehead atoms. The van der Waals surface area contributed by atoms with Gasteiger partial charge >= 0.3 is 0 Å². The Morgan fingerprint density at radius 2 is 1.60 bits per heavy atom. The fraction of sp³-hybridized carbons (Fsp3) is 0.269. The summed E-state index contributed by atoms with van der Waals surface area (Å²) in [4.78, 5) is 12.9. The number of fused-ring (bicyclic) bond motifs is 1. The van der Waals surface area contributed by atoms with Crippen molar-refractivity contribution in [2.45, 2.75) is 17.1 Å². The average Bonchev–Trinajstić information content (AvgIpc) is 2.90. The third-order valence-electron chi connectivity index (χ3n) is 5.33. The monoisotopic (exact) mass is 512 g/mol. The molecule has 0 saturated carbocycles. The summed E-state index contributed by atoms with van der Waals surface area (Å²) in [6, 6.07) is 23.2. The average molecular weight is 513 g/mol. The molecule has 0 radical (unpaired) electrons. The van der Waals surface area contributed by atoms with Crippen LogP contribution in [0, 0.1) is 0 Å². The standard InChI is InChI=1S/C26H28N2O5S2/c29-26(27-14-7-17-34-20-21-8-3-1-4-9-21)19-28(35(30,31)23-10-5-2-6-11-23)22-12-13-24-25(18-22)33-16-15-32-24/h1-6,8-13,18H,7,14-17,19-20H2,(H,27,29). The zero-order chi connectivity index (χ0) is 24.5. The van der Waals surface area contributed by atoms with E-state index in [9.17, 15) is 13.2 Å². The lowest BCUT2D eigenvalue weighted by molar-refractivity contribution is -0.119. The Morgan fingerprint density at radius 3 is 2.34 bits per heavy atom. The Kier molecular flexibility index (Phi) is 8.54. The van der Waals surface area contributed by atoms with Crippen LogP contribution in [0.15, 0.2) is 83.8 Å². The van der Waals surface area contributed by atoms with Gasteiger partial charge in [0.15, 0.2) is 11.5 Å². The highest BCUT2D eigenvalue weighted by atomic mass is 32.2. The summed E-state index contributed by atoms with van der Waals surface area (Å²) >= 11 is 1.80. The van der Waals surface area contributed by atoms with E-state index in [1.165, 1.54) is 17.7 Å². The first kappa shape index (κ1) is 24.9. The zero-order valence-electron chi connectivity index (χ0n) is 19.3. The molecule has 3 aromatic rings. The molecule has 1 N–H and O–H groups in total. The van der Waals surface area contributed by atoms with E-state index in [1.807, 2.05) is 18.2 Å². The molecule has 1 heterocycles. The molecule has 3 aromatic carbocycles. The van der Waals surface area contributed by atoms with Crippen molar-refractivity contribution in [3.63, 3.8) is 0 Å². The Labute approximate surface area is 210 Å². The van der Waals surface area contributed by atoms with Gasteiger partial charge in [-0.2, -0.15) is 11.8 Å². The van der Waals surface area contributed by atoms with Gasteiger partial charge in [0.05, 0.1) is 10.6 Å². The number of thioether (sulfide) groups is 1. The minimum absolute atomic E-state index is 0.111. The smallest absolute Gasteiger partial charge is 0.264 e. The van der Waals surface area contributed by atoms with Gasteiger partial charge in [-0.15, -0.1) is 0 Å². The molecule has 1 aliphatic heterocycles. The number of nitrogens with one attached hydrogen (secondary N) is 1. The second-order valence-corrected chi connectivity index (χ2v) is 10.9. The van der Waals surface area contributed by atoms with Crippen molar-refractivity contribution in [2.75, 3.05) is 36.4 Å². The van der Waals surface area contributed by atoms with Gasteiger partial charge in [-0.05, 0) is 42.0 Å². The molecule has 0 spiro atoms. The highest BCUT2D eigenvalue weighted by Gasteiger charge is 2.28. The van der Waals surface area contributed by atoms with Crippen molar-refractivity contribution >= 4 is 33.4 Å². The lowest BCUT2D eigenvalue weighted by atomic mass is 10.2. The van der Waals surface area contributed by atoms with E-state index in [2.05, 4.69) is 17.4 Å². The number of carbonyl (C=O) groups is 1. The number of hydrogen-bond donors (Lipinski definition) is 1. The number of amides is 1. The van der Waals surface area contributed by atoms with Crippen molar-refractivity contribution in [3.05, 3.63) is 84.4 Å². The van der Waals surface area contributed by atoms with Crippen LogP contribution in [0.4, 0.5) is 5.69 Å². The van der Waals surface area contributed by atoms with Crippen molar-refractivity contribution in [1.82, 2.24) is 5.32 Å². The third-order valence-corrected chi connectivity index (χ3v) is 8.23. The second-order valence-electron chi connectivity index (χ2n) is 7.89. The minimum Gasteiger partial charge on any atom is -0.486 e. The van der Waals surface area contributed by atoms with Crippen LogP contribution in [0.1, 0.15) is 12.0 Å². The van der Waals surface area contributed by atoms with Crippen LogP contribution in [0.3, 0.4) is 0 Å². The normalized spacial score (nSPS) is 12.7. The van der Waals surface area contributed by atoms with E-state index in [0.717, 1.165) is 22.2 Å². The molecule has 184 valence electrons. The highest BCUT2D eigenvalue weighted by molar-refractivity contribution is 7.98. The summed E-state index contributed by atoms with van der Waals surface area (Å²) < 4.78 is 39.2. The molecule has 0 saturated heterocycles. The molecule has 4 rings (SSSR count). The van der Waals surface area contributed by atoms with Gasteiger partial charge in [-0.3, -0.25) is 9.10 Å². The van der Waals surface area contributed by atoms with Gasteiger partial charge in [0.2, 0.25) is 5.91 Å². The molecule has 1 amide bonds. The second kappa shape index (κ2) is 12.0. The first-order valence-electron chi connectivity index (χ1n) is 11.4. The molecular weight excluding hydrogens is 484 g/mol. The van der Waals surface area contributed by atoms with E-state index < -0.39 is 10.0 Å². The first-order valence-corrected chi connectivity index (χ1v) is 14.0. The summed E-state index contributed by atoms with van der Waals surface area (Å²) in [7, 11) is -3.97. The summed E-state index contributed by atoms with van der Waals surface area (Å²) in [6.07, 6.45) is 0.790. The summed E-state index contributed by atoms with van der Waals surface area (Å²) in [5, 5.41) is 2.85. The fourth-order valence-corrected chi connectivity index (χ4v) is 5.93. The molecule has 7 nitrogen and oxygen atoms in total. The predicted octanol–water partition coefficient (Wildman–Crippen LogP) is 4.09. The molecule has 0 unspecified atom stereocenters. The minimum atomic E-state index is -3.97. The van der Waals surface area contributed by atoms with E-state index >= 15 is 0 Å². The molecular formula is C26H28N2O5S2. The van der Waals surface area contributed by atoms with E-state index in [0.29, 0.717) is 36.9 Å². The Balaban J connectivity index is 1.39. The third kappa shape index (κ3) is 6.70. The number of hydrogen-bond acceptors (Lipinski definition) is 6. The van der Waals surface area contributed by atoms with E-state index in [-0.39, 0.29) is 17.3 Å². The Morgan fingerprint density at radius 1 is 0.914 bits per heavy atom. The van der Waals surface area contributed by atoms with Gasteiger partial charge in [0, 0.05) is 18.4 Å². The van der Waals surface area contributed by atoms with Gasteiger partial charge < -0.3 is 14.8 Å². The van der Waals surface area contributed by atoms with Crippen LogP contribution in [0.2, 0.25) is 0 Å². The number of nitrogens with zero attached hydrogens (tertiary/aromatic N) is 1. The largest absolute Gasteiger partial charge is 0.486 e. The molecule has 0 atom stereocenters. The van der Waals surface area contributed by atoms with Crippen LogP contribution in [0.25, 0.3) is 0 Å². The number of rotatable bonds is 11. The van der Waals surface area contributed by atoms with Gasteiger partial charge in [0.25, 0.3) is 10.0 Å². The van der Waals surface area contributed by atoms with Crippen molar-refractivity contribution in [1.29, 1.82) is 0 Å². The number of benzene rings is 3. The van der Waals surface area contributed by atoms with Crippen molar-refractivity contribution < 1.29 is 22.7 Å².